The molecule has 0 aliphatic rings. The van der Waals surface area contributed by atoms with Crippen molar-refractivity contribution < 1.29 is 9.53 Å². The monoisotopic (exact) mass is 352 g/mol. The third-order valence-corrected chi connectivity index (χ3v) is 3.52. The van der Waals surface area contributed by atoms with Crippen LogP contribution in [0.4, 0.5) is 0 Å². The van der Waals surface area contributed by atoms with Crippen LogP contribution in [-0.4, -0.2) is 12.4 Å². The normalized spacial score (nSPS) is 10.3. The number of carbonyl (C=O) groups is 1. The number of ether oxygens (including phenoxy) is 1. The van der Waals surface area contributed by atoms with Gasteiger partial charge in [-0.25, -0.2) is 0 Å². The van der Waals surface area contributed by atoms with Crippen LogP contribution in [-0.2, 0) is 6.42 Å². The van der Waals surface area contributed by atoms with Crippen molar-refractivity contribution in [3.05, 3.63) is 63.1 Å². The Morgan fingerprint density at radius 2 is 2.05 bits per heavy atom. The lowest BCUT2D eigenvalue weighted by Gasteiger charge is -2.10. The van der Waals surface area contributed by atoms with Crippen LogP contribution in [0.25, 0.3) is 0 Å². The first kappa shape index (κ1) is 15.1. The SMILES string of the molecule is CCOc1ccc(Br)cc1C(=O)Cc1cccc(Cl)c1. The molecule has 2 aromatic carbocycles. The molecule has 2 nitrogen and oxygen atoms in total. The zero-order valence-corrected chi connectivity index (χ0v) is 13.4. The molecule has 0 atom stereocenters. The Bertz CT molecular complexity index is 626. The fourth-order valence-corrected chi connectivity index (χ4v) is 2.50. The molecule has 0 fully saturated rings. The van der Waals surface area contributed by atoms with Crippen molar-refractivity contribution in [3.63, 3.8) is 0 Å². The molecule has 2 aromatic rings. The van der Waals surface area contributed by atoms with Gasteiger partial charge in [0.1, 0.15) is 5.75 Å². The van der Waals surface area contributed by atoms with E-state index >= 15 is 0 Å². The van der Waals surface area contributed by atoms with Crippen molar-refractivity contribution in [3.8, 4) is 5.75 Å². The Kier molecular flexibility index (Phi) is 5.21. The van der Waals surface area contributed by atoms with E-state index in [1.54, 1.807) is 24.3 Å². The highest BCUT2D eigenvalue weighted by Crippen LogP contribution is 2.25. The van der Waals surface area contributed by atoms with Gasteiger partial charge in [-0.2, -0.15) is 0 Å². The Labute approximate surface area is 131 Å². The average molecular weight is 354 g/mol. The summed E-state index contributed by atoms with van der Waals surface area (Å²) < 4.78 is 6.36. The highest BCUT2D eigenvalue weighted by atomic mass is 79.9. The molecule has 0 amide bonds. The molecule has 0 spiro atoms. The lowest BCUT2D eigenvalue weighted by molar-refractivity contribution is 0.0989. The van der Waals surface area contributed by atoms with Crippen LogP contribution in [0.2, 0.25) is 5.02 Å². The first-order chi connectivity index (χ1) is 9.60. The second-order valence-electron chi connectivity index (χ2n) is 4.30. The highest BCUT2D eigenvalue weighted by molar-refractivity contribution is 9.10. The smallest absolute Gasteiger partial charge is 0.170 e. The summed E-state index contributed by atoms with van der Waals surface area (Å²) in [4.78, 5) is 12.4. The number of benzene rings is 2. The molecule has 0 unspecified atom stereocenters. The molecule has 2 rings (SSSR count). The van der Waals surface area contributed by atoms with Gasteiger partial charge in [0.25, 0.3) is 0 Å². The average Bonchev–Trinajstić information content (AvgIpc) is 2.41. The number of hydrogen-bond donors (Lipinski definition) is 0. The molecule has 0 aromatic heterocycles. The maximum Gasteiger partial charge on any atom is 0.170 e. The minimum Gasteiger partial charge on any atom is -0.493 e. The zero-order chi connectivity index (χ0) is 14.5. The molecular weight excluding hydrogens is 340 g/mol. The van der Waals surface area contributed by atoms with Crippen molar-refractivity contribution in [2.24, 2.45) is 0 Å². The third-order valence-electron chi connectivity index (χ3n) is 2.80. The lowest BCUT2D eigenvalue weighted by atomic mass is 10.0. The molecule has 20 heavy (non-hydrogen) atoms. The van der Waals surface area contributed by atoms with Crippen molar-refractivity contribution in [2.45, 2.75) is 13.3 Å². The van der Waals surface area contributed by atoms with E-state index in [4.69, 9.17) is 16.3 Å². The van der Waals surface area contributed by atoms with Crippen LogP contribution >= 0.6 is 27.5 Å². The summed E-state index contributed by atoms with van der Waals surface area (Å²) in [5.41, 5.74) is 1.48. The predicted octanol–water partition coefficient (Wildman–Crippen LogP) is 4.93. The van der Waals surface area contributed by atoms with Gasteiger partial charge in [-0.05, 0) is 42.8 Å². The van der Waals surface area contributed by atoms with Gasteiger partial charge in [0.05, 0.1) is 12.2 Å². The van der Waals surface area contributed by atoms with E-state index < -0.39 is 0 Å². The molecule has 0 aliphatic carbocycles. The molecular formula is C16H14BrClO2. The topological polar surface area (TPSA) is 26.3 Å². The Balaban J connectivity index is 2.26. The van der Waals surface area contributed by atoms with Gasteiger partial charge >= 0.3 is 0 Å². The molecule has 0 aliphatic heterocycles. The summed E-state index contributed by atoms with van der Waals surface area (Å²) in [6.07, 6.45) is 0.303. The minimum absolute atomic E-state index is 0.0111. The molecule has 0 saturated carbocycles. The number of halogens is 2. The second kappa shape index (κ2) is 6.91. The molecule has 4 heteroatoms. The quantitative estimate of drug-likeness (QED) is 0.713. The van der Waals surface area contributed by atoms with Crippen LogP contribution in [0.5, 0.6) is 5.75 Å². The number of rotatable bonds is 5. The molecule has 0 bridgehead atoms. The zero-order valence-electron chi connectivity index (χ0n) is 11.0. The van der Waals surface area contributed by atoms with Gasteiger partial charge in [-0.3, -0.25) is 4.79 Å². The van der Waals surface area contributed by atoms with E-state index in [9.17, 15) is 4.79 Å². The fourth-order valence-electron chi connectivity index (χ4n) is 1.93. The van der Waals surface area contributed by atoms with Crippen LogP contribution in [0, 0.1) is 0 Å². The van der Waals surface area contributed by atoms with E-state index in [2.05, 4.69) is 15.9 Å². The molecule has 0 heterocycles. The maximum atomic E-state index is 12.4. The van der Waals surface area contributed by atoms with Crippen molar-refractivity contribution in [1.29, 1.82) is 0 Å². The number of carbonyl (C=O) groups excluding carboxylic acids is 1. The highest BCUT2D eigenvalue weighted by Gasteiger charge is 2.14. The van der Waals surface area contributed by atoms with E-state index in [1.165, 1.54) is 0 Å². The standard InChI is InChI=1S/C16H14BrClO2/c1-2-20-16-7-6-12(17)10-14(16)15(19)9-11-4-3-5-13(18)8-11/h3-8,10H,2,9H2,1H3. The Morgan fingerprint density at radius 1 is 1.25 bits per heavy atom. The summed E-state index contributed by atoms with van der Waals surface area (Å²) in [5, 5.41) is 0.634. The van der Waals surface area contributed by atoms with Crippen LogP contribution in [0.1, 0.15) is 22.8 Å². The molecule has 104 valence electrons. The van der Waals surface area contributed by atoms with Gasteiger partial charge in [-0.1, -0.05) is 39.7 Å². The predicted molar refractivity (Wildman–Crippen MR) is 84.8 cm³/mol. The Morgan fingerprint density at radius 3 is 2.75 bits per heavy atom. The summed E-state index contributed by atoms with van der Waals surface area (Å²) in [7, 11) is 0. The van der Waals surface area contributed by atoms with Gasteiger partial charge in [0.15, 0.2) is 5.78 Å². The largest absolute Gasteiger partial charge is 0.493 e. The van der Waals surface area contributed by atoms with Crippen molar-refractivity contribution >= 4 is 33.3 Å². The molecule has 0 N–H and O–H groups in total. The number of Topliss-reactive ketones (excluding diaryl/α,β-unsaturated/α-hetero) is 1. The number of ketones is 1. The minimum atomic E-state index is 0.0111. The van der Waals surface area contributed by atoms with Gasteiger partial charge in [0, 0.05) is 15.9 Å². The van der Waals surface area contributed by atoms with Crippen LogP contribution < -0.4 is 4.74 Å². The third kappa shape index (κ3) is 3.84. The van der Waals surface area contributed by atoms with E-state index in [0.717, 1.165) is 10.0 Å². The van der Waals surface area contributed by atoms with Gasteiger partial charge in [-0.15, -0.1) is 0 Å². The van der Waals surface area contributed by atoms with E-state index in [1.807, 2.05) is 25.1 Å². The number of hydrogen-bond acceptors (Lipinski definition) is 2. The Hall–Kier alpha value is -1.32. The van der Waals surface area contributed by atoms with E-state index in [0.29, 0.717) is 29.4 Å². The lowest BCUT2D eigenvalue weighted by Crippen LogP contribution is -2.07. The first-order valence-corrected chi connectivity index (χ1v) is 7.47. The molecule has 0 saturated heterocycles. The summed E-state index contributed by atoms with van der Waals surface area (Å²) >= 11 is 9.32. The van der Waals surface area contributed by atoms with Crippen LogP contribution in [0.15, 0.2) is 46.9 Å². The summed E-state index contributed by atoms with van der Waals surface area (Å²) in [6.45, 7) is 2.42. The van der Waals surface area contributed by atoms with Gasteiger partial charge < -0.3 is 4.74 Å². The maximum absolute atomic E-state index is 12.4. The van der Waals surface area contributed by atoms with Crippen molar-refractivity contribution in [1.82, 2.24) is 0 Å². The summed E-state index contributed by atoms with van der Waals surface area (Å²) in [6, 6.07) is 12.8. The molecule has 0 radical (unpaired) electrons. The van der Waals surface area contributed by atoms with Crippen molar-refractivity contribution in [2.75, 3.05) is 6.61 Å². The summed E-state index contributed by atoms with van der Waals surface area (Å²) in [5.74, 6) is 0.625. The van der Waals surface area contributed by atoms with E-state index in [-0.39, 0.29) is 5.78 Å². The first-order valence-electron chi connectivity index (χ1n) is 6.30. The van der Waals surface area contributed by atoms with Crippen LogP contribution in [0.3, 0.4) is 0 Å². The second-order valence-corrected chi connectivity index (χ2v) is 5.66. The van der Waals surface area contributed by atoms with Gasteiger partial charge in [0.2, 0.25) is 0 Å². The fraction of sp³-hybridized carbons (Fsp3) is 0.188.